The Labute approximate surface area is 202 Å². The van der Waals surface area contributed by atoms with Gasteiger partial charge in [0.15, 0.2) is 5.96 Å². The molecule has 9 heteroatoms. The molecule has 0 spiro atoms. The number of nitrogens with one attached hydrogen (secondary N) is 1. The minimum Gasteiger partial charge on any atom is -0.352 e. The number of piperazine rings is 1. The Balaban J connectivity index is 0.00000341. The van der Waals surface area contributed by atoms with Crippen molar-refractivity contribution in [3.05, 3.63) is 47.8 Å². The van der Waals surface area contributed by atoms with Gasteiger partial charge in [-0.3, -0.25) is 19.4 Å². The van der Waals surface area contributed by atoms with Gasteiger partial charge in [0.05, 0.1) is 11.9 Å². The van der Waals surface area contributed by atoms with Gasteiger partial charge in [0.2, 0.25) is 5.91 Å². The standard InChI is InChI=1S/C22H33N7O.HI/c1-5-27(6-2)15-19-9-7-8-18(12-19)13-24-22(23-3)28-10-11-29(21(30)17-28)20-14-25-26(4)16-20;/h7-9,12,14,16H,5-6,10-11,13,15,17H2,1-4H3,(H,23,24);1H. The number of guanidine groups is 1. The maximum Gasteiger partial charge on any atom is 0.246 e. The van der Waals surface area contributed by atoms with Crippen LogP contribution >= 0.6 is 24.0 Å². The quantitative estimate of drug-likeness (QED) is 0.333. The van der Waals surface area contributed by atoms with Crippen molar-refractivity contribution in [3.8, 4) is 0 Å². The molecule has 2 aromatic rings. The van der Waals surface area contributed by atoms with Crippen LogP contribution in [0.1, 0.15) is 25.0 Å². The molecule has 1 saturated heterocycles. The Morgan fingerprint density at radius 1 is 1.23 bits per heavy atom. The van der Waals surface area contributed by atoms with Crippen LogP contribution in [0.5, 0.6) is 0 Å². The number of halogens is 1. The third-order valence-corrected chi connectivity index (χ3v) is 5.48. The molecule has 0 atom stereocenters. The highest BCUT2D eigenvalue weighted by Crippen LogP contribution is 2.16. The minimum atomic E-state index is 0. The maximum absolute atomic E-state index is 12.7. The van der Waals surface area contributed by atoms with Gasteiger partial charge < -0.3 is 15.1 Å². The van der Waals surface area contributed by atoms with E-state index in [1.54, 1.807) is 22.8 Å². The van der Waals surface area contributed by atoms with E-state index in [4.69, 9.17) is 0 Å². The first-order chi connectivity index (χ1) is 14.5. The molecule has 8 nitrogen and oxygen atoms in total. The van der Waals surface area contributed by atoms with Crippen LogP contribution in [-0.2, 0) is 24.9 Å². The maximum atomic E-state index is 12.7. The lowest BCUT2D eigenvalue weighted by atomic mass is 10.1. The van der Waals surface area contributed by atoms with Crippen LogP contribution in [0, 0.1) is 0 Å². The fraction of sp³-hybridized carbons (Fsp3) is 0.500. The lowest BCUT2D eigenvalue weighted by Gasteiger charge is -2.35. The zero-order chi connectivity index (χ0) is 21.5. The molecular formula is C22H34IN7O. The van der Waals surface area contributed by atoms with E-state index < -0.39 is 0 Å². The van der Waals surface area contributed by atoms with E-state index in [-0.39, 0.29) is 29.9 Å². The molecule has 1 amide bonds. The molecule has 0 aliphatic carbocycles. The van der Waals surface area contributed by atoms with Crippen molar-refractivity contribution in [3.63, 3.8) is 0 Å². The second kappa shape index (κ2) is 12.0. The topological polar surface area (TPSA) is 69.0 Å². The Bertz CT molecular complexity index is 878. The first-order valence-electron chi connectivity index (χ1n) is 10.6. The monoisotopic (exact) mass is 539 g/mol. The van der Waals surface area contributed by atoms with Crippen molar-refractivity contribution in [1.82, 2.24) is 24.9 Å². The Hall–Kier alpha value is -2.14. The summed E-state index contributed by atoms with van der Waals surface area (Å²) >= 11 is 0. The normalized spacial score (nSPS) is 14.7. The van der Waals surface area contributed by atoms with Gasteiger partial charge in [-0.15, -0.1) is 24.0 Å². The van der Waals surface area contributed by atoms with Crippen LogP contribution in [0.4, 0.5) is 5.69 Å². The number of aromatic nitrogens is 2. The van der Waals surface area contributed by atoms with E-state index in [1.807, 2.05) is 18.1 Å². The fourth-order valence-electron chi connectivity index (χ4n) is 3.73. The van der Waals surface area contributed by atoms with Crippen LogP contribution in [0.3, 0.4) is 0 Å². The summed E-state index contributed by atoms with van der Waals surface area (Å²) < 4.78 is 1.71. The van der Waals surface area contributed by atoms with Crippen molar-refractivity contribution in [2.75, 3.05) is 44.7 Å². The number of carbonyl (C=O) groups is 1. The number of amides is 1. The van der Waals surface area contributed by atoms with Crippen molar-refractivity contribution in [2.45, 2.75) is 26.9 Å². The first-order valence-corrected chi connectivity index (χ1v) is 10.6. The van der Waals surface area contributed by atoms with Crippen molar-refractivity contribution < 1.29 is 4.79 Å². The molecule has 1 aromatic heterocycles. The van der Waals surface area contributed by atoms with E-state index in [0.717, 1.165) is 37.8 Å². The van der Waals surface area contributed by atoms with Crippen molar-refractivity contribution in [2.24, 2.45) is 12.0 Å². The van der Waals surface area contributed by atoms with Gasteiger partial charge in [-0.05, 0) is 24.2 Å². The molecule has 1 aromatic carbocycles. The molecule has 2 heterocycles. The molecule has 0 radical (unpaired) electrons. The van der Waals surface area contributed by atoms with Gasteiger partial charge in [-0.1, -0.05) is 38.1 Å². The molecular weight excluding hydrogens is 505 g/mol. The number of benzene rings is 1. The number of nitrogens with zero attached hydrogens (tertiary/aromatic N) is 6. The Kier molecular flexibility index (Phi) is 9.76. The van der Waals surface area contributed by atoms with Gasteiger partial charge in [-0.25, -0.2) is 0 Å². The van der Waals surface area contributed by atoms with Gasteiger partial charge in [0.25, 0.3) is 0 Å². The zero-order valence-electron chi connectivity index (χ0n) is 18.9. The first kappa shape index (κ1) is 25.1. The molecule has 1 aliphatic heterocycles. The number of hydrogen-bond donors (Lipinski definition) is 1. The number of aliphatic imine (C=N–C) groups is 1. The fourth-order valence-corrected chi connectivity index (χ4v) is 3.73. The highest BCUT2D eigenvalue weighted by atomic mass is 127. The summed E-state index contributed by atoms with van der Waals surface area (Å²) in [5.41, 5.74) is 3.37. The molecule has 0 saturated carbocycles. The lowest BCUT2D eigenvalue weighted by Crippen LogP contribution is -2.55. The summed E-state index contributed by atoms with van der Waals surface area (Å²) in [6, 6.07) is 8.64. The molecule has 31 heavy (non-hydrogen) atoms. The smallest absolute Gasteiger partial charge is 0.246 e. The zero-order valence-corrected chi connectivity index (χ0v) is 21.2. The highest BCUT2D eigenvalue weighted by molar-refractivity contribution is 14.0. The average molecular weight is 539 g/mol. The van der Waals surface area contributed by atoms with E-state index >= 15 is 0 Å². The van der Waals surface area contributed by atoms with E-state index in [0.29, 0.717) is 19.6 Å². The number of anilines is 1. The second-order valence-corrected chi connectivity index (χ2v) is 7.52. The molecule has 0 unspecified atom stereocenters. The van der Waals surface area contributed by atoms with Crippen LogP contribution < -0.4 is 10.2 Å². The van der Waals surface area contributed by atoms with Crippen LogP contribution in [0.25, 0.3) is 0 Å². The summed E-state index contributed by atoms with van der Waals surface area (Å²) in [4.78, 5) is 23.3. The number of rotatable bonds is 7. The molecule has 1 N–H and O–H groups in total. The molecule has 1 fully saturated rings. The second-order valence-electron chi connectivity index (χ2n) is 7.52. The molecule has 1 aliphatic rings. The lowest BCUT2D eigenvalue weighted by molar-refractivity contribution is -0.120. The summed E-state index contributed by atoms with van der Waals surface area (Å²) in [5, 5.41) is 7.58. The van der Waals surface area contributed by atoms with Crippen LogP contribution in [-0.4, -0.2) is 71.2 Å². The Morgan fingerprint density at radius 3 is 2.58 bits per heavy atom. The third-order valence-electron chi connectivity index (χ3n) is 5.48. The summed E-state index contributed by atoms with van der Waals surface area (Å²) in [7, 11) is 3.62. The average Bonchev–Trinajstić information content (AvgIpc) is 3.18. The number of carbonyl (C=O) groups excluding carboxylic acids is 1. The van der Waals surface area contributed by atoms with Crippen LogP contribution in [0.15, 0.2) is 41.7 Å². The van der Waals surface area contributed by atoms with Crippen molar-refractivity contribution in [1.29, 1.82) is 0 Å². The predicted octanol–water partition coefficient (Wildman–Crippen LogP) is 2.30. The minimum absolute atomic E-state index is 0. The summed E-state index contributed by atoms with van der Waals surface area (Å²) in [6.45, 7) is 9.75. The predicted molar refractivity (Wildman–Crippen MR) is 136 cm³/mol. The van der Waals surface area contributed by atoms with Gasteiger partial charge in [0, 0.05) is 46.5 Å². The highest BCUT2D eigenvalue weighted by Gasteiger charge is 2.27. The Morgan fingerprint density at radius 2 is 1.97 bits per heavy atom. The van der Waals surface area contributed by atoms with Crippen LogP contribution in [0.2, 0.25) is 0 Å². The van der Waals surface area contributed by atoms with Gasteiger partial charge in [0.1, 0.15) is 6.54 Å². The van der Waals surface area contributed by atoms with E-state index in [1.165, 1.54) is 11.1 Å². The van der Waals surface area contributed by atoms with E-state index in [2.05, 4.69) is 58.4 Å². The molecule has 170 valence electrons. The number of aryl methyl sites for hydroxylation is 1. The van der Waals surface area contributed by atoms with Crippen molar-refractivity contribution >= 4 is 41.5 Å². The third kappa shape index (κ3) is 6.67. The van der Waals surface area contributed by atoms with Gasteiger partial charge >= 0.3 is 0 Å². The molecule has 0 bridgehead atoms. The summed E-state index contributed by atoms with van der Waals surface area (Å²) in [5.74, 6) is 0.807. The van der Waals surface area contributed by atoms with E-state index in [9.17, 15) is 4.79 Å². The largest absolute Gasteiger partial charge is 0.352 e. The summed E-state index contributed by atoms with van der Waals surface area (Å²) in [6.07, 6.45) is 3.59. The SMILES string of the molecule is CCN(CC)Cc1cccc(CNC(=NC)N2CCN(c3cnn(C)c3)C(=O)C2)c1.I. The number of hydrogen-bond acceptors (Lipinski definition) is 4. The van der Waals surface area contributed by atoms with Gasteiger partial charge in [-0.2, -0.15) is 5.10 Å². The molecule has 3 rings (SSSR count).